The summed E-state index contributed by atoms with van der Waals surface area (Å²) in [5.41, 5.74) is 9.84. The normalized spacial score (nSPS) is 16.1. The number of hydrogen-bond donors (Lipinski definition) is 1. The number of halogens is 1. The van der Waals surface area contributed by atoms with E-state index in [1.807, 2.05) is 30.4 Å². The van der Waals surface area contributed by atoms with E-state index in [1.165, 1.54) is 21.7 Å². The van der Waals surface area contributed by atoms with Crippen molar-refractivity contribution >= 4 is 28.6 Å². The van der Waals surface area contributed by atoms with Crippen molar-refractivity contribution in [2.24, 2.45) is 5.73 Å². The van der Waals surface area contributed by atoms with Crippen molar-refractivity contribution in [2.75, 3.05) is 11.4 Å². The Labute approximate surface area is 129 Å². The maximum Gasteiger partial charge on any atom is 0.0642 e. The number of nitrogens with two attached hydrogens (primary N) is 1. The van der Waals surface area contributed by atoms with Gasteiger partial charge in [-0.25, -0.2) is 0 Å². The molecule has 3 rings (SSSR count). The first-order valence-electron chi connectivity index (χ1n) is 6.98. The van der Waals surface area contributed by atoms with Gasteiger partial charge in [0, 0.05) is 24.0 Å². The fourth-order valence-electron chi connectivity index (χ4n) is 2.87. The maximum absolute atomic E-state index is 6.47. The molecule has 20 heavy (non-hydrogen) atoms. The number of hydrogen-bond acceptors (Lipinski definition) is 3. The molecule has 1 aliphatic heterocycles. The molecule has 0 fully saturated rings. The fraction of sp³-hybridized carbons (Fsp3) is 0.375. The molecule has 0 amide bonds. The van der Waals surface area contributed by atoms with Crippen LogP contribution in [-0.2, 0) is 19.4 Å². The third kappa shape index (κ3) is 2.71. The molecule has 0 aliphatic carbocycles. The molecule has 1 atom stereocenters. The van der Waals surface area contributed by atoms with Crippen molar-refractivity contribution in [1.82, 2.24) is 0 Å². The Kier molecular flexibility index (Phi) is 4.01. The fourth-order valence-corrected chi connectivity index (χ4v) is 4.07. The highest BCUT2D eigenvalue weighted by molar-refractivity contribution is 7.10. The Morgan fingerprint density at radius 2 is 2.25 bits per heavy atom. The topological polar surface area (TPSA) is 29.3 Å². The first-order chi connectivity index (χ1) is 9.65. The highest BCUT2D eigenvalue weighted by Crippen LogP contribution is 2.35. The molecule has 0 radical (unpaired) electrons. The van der Waals surface area contributed by atoms with E-state index in [0.29, 0.717) is 0 Å². The summed E-state index contributed by atoms with van der Waals surface area (Å²) in [4.78, 5) is 3.91. The van der Waals surface area contributed by atoms with Crippen LogP contribution < -0.4 is 10.6 Å². The van der Waals surface area contributed by atoms with E-state index in [9.17, 15) is 0 Å². The van der Waals surface area contributed by atoms with Gasteiger partial charge in [0.2, 0.25) is 0 Å². The highest BCUT2D eigenvalue weighted by atomic mass is 35.5. The predicted molar refractivity (Wildman–Crippen MR) is 87.9 cm³/mol. The van der Waals surface area contributed by atoms with E-state index in [1.54, 1.807) is 0 Å². The van der Waals surface area contributed by atoms with Crippen LogP contribution in [0.2, 0.25) is 5.02 Å². The van der Waals surface area contributed by atoms with Gasteiger partial charge in [0.1, 0.15) is 0 Å². The van der Waals surface area contributed by atoms with Crippen LogP contribution >= 0.6 is 22.9 Å². The summed E-state index contributed by atoms with van der Waals surface area (Å²) in [5, 5.41) is 3.02. The summed E-state index contributed by atoms with van der Waals surface area (Å²) in [6.07, 6.45) is 1.97. The summed E-state index contributed by atoms with van der Waals surface area (Å²) in [7, 11) is 0. The van der Waals surface area contributed by atoms with Crippen LogP contribution in [0, 0.1) is 0 Å². The molecular weight excluding hydrogens is 288 g/mol. The van der Waals surface area contributed by atoms with Gasteiger partial charge in [0.05, 0.1) is 10.7 Å². The van der Waals surface area contributed by atoms with E-state index in [-0.39, 0.29) is 6.04 Å². The third-order valence-corrected chi connectivity index (χ3v) is 5.06. The molecule has 2 nitrogen and oxygen atoms in total. The van der Waals surface area contributed by atoms with E-state index in [2.05, 4.69) is 22.4 Å². The monoisotopic (exact) mass is 306 g/mol. The van der Waals surface area contributed by atoms with Crippen molar-refractivity contribution in [1.29, 1.82) is 0 Å². The van der Waals surface area contributed by atoms with Crippen molar-refractivity contribution < 1.29 is 0 Å². The summed E-state index contributed by atoms with van der Waals surface area (Å²) < 4.78 is 0. The van der Waals surface area contributed by atoms with E-state index >= 15 is 0 Å². The van der Waals surface area contributed by atoms with E-state index in [4.69, 9.17) is 17.3 Å². The first-order valence-corrected chi connectivity index (χ1v) is 8.24. The molecule has 0 saturated heterocycles. The van der Waals surface area contributed by atoms with E-state index < -0.39 is 0 Å². The molecule has 0 bridgehead atoms. The SMILES string of the molecule is CC(N)Cc1cccc(Cl)c1N1CCc2sccc2C1. The molecular formula is C16H19ClN2S. The van der Waals surface area contributed by atoms with Gasteiger partial charge in [-0.3, -0.25) is 0 Å². The quantitative estimate of drug-likeness (QED) is 0.933. The number of fused-ring (bicyclic) bond motifs is 1. The number of nitrogens with zero attached hydrogens (tertiary/aromatic N) is 1. The van der Waals surface area contributed by atoms with Crippen LogP contribution in [0.4, 0.5) is 5.69 Å². The highest BCUT2D eigenvalue weighted by Gasteiger charge is 2.21. The average molecular weight is 307 g/mol. The van der Waals surface area contributed by atoms with Crippen molar-refractivity contribution in [2.45, 2.75) is 32.4 Å². The maximum atomic E-state index is 6.47. The molecule has 4 heteroatoms. The standard InChI is InChI=1S/C16H19ClN2S/c1-11(18)9-12-3-2-4-14(17)16(12)19-7-5-15-13(10-19)6-8-20-15/h2-4,6,8,11H,5,7,9-10,18H2,1H3. The van der Waals surface area contributed by atoms with Crippen LogP contribution in [0.25, 0.3) is 0 Å². The van der Waals surface area contributed by atoms with Crippen LogP contribution in [0.3, 0.4) is 0 Å². The lowest BCUT2D eigenvalue weighted by molar-refractivity contribution is 0.712. The summed E-state index contributed by atoms with van der Waals surface area (Å²) >= 11 is 8.33. The van der Waals surface area contributed by atoms with Crippen LogP contribution in [0.15, 0.2) is 29.6 Å². The second kappa shape index (κ2) is 5.76. The number of para-hydroxylation sites is 1. The van der Waals surface area contributed by atoms with Gasteiger partial charge in [-0.05, 0) is 48.4 Å². The molecule has 1 aromatic carbocycles. The molecule has 2 N–H and O–H groups in total. The molecule has 106 valence electrons. The van der Waals surface area contributed by atoms with Gasteiger partial charge in [-0.2, -0.15) is 0 Å². The van der Waals surface area contributed by atoms with Gasteiger partial charge in [0.25, 0.3) is 0 Å². The first kappa shape index (κ1) is 13.9. The number of rotatable bonds is 3. The second-order valence-electron chi connectivity index (χ2n) is 5.47. The Morgan fingerprint density at radius 1 is 1.40 bits per heavy atom. The Hall–Kier alpha value is -1.03. The lowest BCUT2D eigenvalue weighted by atomic mass is 10.0. The summed E-state index contributed by atoms with van der Waals surface area (Å²) in [5.74, 6) is 0. The van der Waals surface area contributed by atoms with Gasteiger partial charge < -0.3 is 10.6 Å². The van der Waals surface area contributed by atoms with Crippen LogP contribution in [-0.4, -0.2) is 12.6 Å². The molecule has 2 heterocycles. The van der Waals surface area contributed by atoms with Crippen LogP contribution in [0.5, 0.6) is 0 Å². The van der Waals surface area contributed by atoms with Crippen LogP contribution in [0.1, 0.15) is 22.9 Å². The molecule has 0 spiro atoms. The molecule has 0 saturated carbocycles. The smallest absolute Gasteiger partial charge is 0.0642 e. The van der Waals surface area contributed by atoms with Gasteiger partial charge >= 0.3 is 0 Å². The minimum atomic E-state index is 0.147. The lowest BCUT2D eigenvalue weighted by Gasteiger charge is -2.32. The van der Waals surface area contributed by atoms with Crippen molar-refractivity contribution in [3.8, 4) is 0 Å². The zero-order valence-electron chi connectivity index (χ0n) is 11.6. The Balaban J connectivity index is 1.94. The largest absolute Gasteiger partial charge is 0.365 e. The molecule has 1 aromatic heterocycles. The zero-order chi connectivity index (χ0) is 14.1. The Bertz CT molecular complexity index is 606. The number of anilines is 1. The Morgan fingerprint density at radius 3 is 3.05 bits per heavy atom. The van der Waals surface area contributed by atoms with Gasteiger partial charge in [-0.15, -0.1) is 11.3 Å². The number of benzene rings is 1. The second-order valence-corrected chi connectivity index (χ2v) is 6.88. The minimum Gasteiger partial charge on any atom is -0.365 e. The molecule has 1 aliphatic rings. The third-order valence-electron chi connectivity index (χ3n) is 3.74. The zero-order valence-corrected chi connectivity index (χ0v) is 13.2. The van der Waals surface area contributed by atoms with Gasteiger partial charge in [0.15, 0.2) is 0 Å². The summed E-state index contributed by atoms with van der Waals surface area (Å²) in [6, 6.07) is 8.52. The number of thiophene rings is 1. The predicted octanol–water partition coefficient (Wildman–Crippen LogP) is 3.85. The summed E-state index contributed by atoms with van der Waals surface area (Å²) in [6.45, 7) is 4.02. The lowest BCUT2D eigenvalue weighted by Crippen LogP contribution is -2.31. The van der Waals surface area contributed by atoms with Crippen molar-refractivity contribution in [3.05, 3.63) is 50.7 Å². The van der Waals surface area contributed by atoms with Gasteiger partial charge in [-0.1, -0.05) is 23.7 Å². The molecule has 1 unspecified atom stereocenters. The minimum absolute atomic E-state index is 0.147. The molecule has 2 aromatic rings. The van der Waals surface area contributed by atoms with E-state index in [0.717, 1.165) is 31.0 Å². The average Bonchev–Trinajstić information content (AvgIpc) is 2.85. The van der Waals surface area contributed by atoms with Crippen molar-refractivity contribution in [3.63, 3.8) is 0 Å².